The van der Waals surface area contributed by atoms with E-state index in [-0.39, 0.29) is 29.6 Å². The van der Waals surface area contributed by atoms with Crippen molar-refractivity contribution in [2.75, 3.05) is 6.61 Å². The van der Waals surface area contributed by atoms with Crippen LogP contribution in [-0.4, -0.2) is 58.8 Å². The van der Waals surface area contributed by atoms with Crippen molar-refractivity contribution in [3.63, 3.8) is 0 Å². The Hall–Kier alpha value is 0.830. The van der Waals surface area contributed by atoms with Gasteiger partial charge in [0.1, 0.15) is 0 Å². The van der Waals surface area contributed by atoms with Gasteiger partial charge >= 0.3 is 40.0 Å². The second kappa shape index (κ2) is 21.9. The van der Waals surface area contributed by atoms with E-state index in [1.165, 1.54) is 77.0 Å². The predicted molar refractivity (Wildman–Crippen MR) is 103 cm³/mol. The van der Waals surface area contributed by atoms with Gasteiger partial charge in [0.2, 0.25) is 0 Å². The average Bonchev–Trinajstić information content (AvgIpc) is 2.44. The molecule has 0 saturated heterocycles. The molecule has 0 spiro atoms. The van der Waals surface area contributed by atoms with E-state index in [0.717, 1.165) is 12.3 Å². The summed E-state index contributed by atoms with van der Waals surface area (Å²) in [5.41, 5.74) is 0. The van der Waals surface area contributed by atoms with E-state index in [1.807, 2.05) is 0 Å². The first-order valence-corrected chi connectivity index (χ1v) is 10.5. The minimum atomic E-state index is -4.67. The standard InChI is InChI=1S/C17H36O.Na.H2O4S.H/c1-3-4-5-6-7-8-11-14-17(2)15-12-9-10-13-16-18;;1-5(2,3)4;/h17-18H,3-16H2,1-2H3;;(H2,1,2,3,4);. The Morgan fingerprint density at radius 2 is 1.08 bits per heavy atom. The zero-order valence-corrected chi connectivity index (χ0v) is 15.9. The molecule has 1 atom stereocenters. The minimum absolute atomic E-state index is 0. The third kappa shape index (κ3) is 38.4. The SMILES string of the molecule is CCCCCCCCCC(C)CCCCCCO.O=S(=O)(O)O.[NaH]. The fourth-order valence-electron chi connectivity index (χ4n) is 2.55. The normalized spacial score (nSPS) is 12.0. The van der Waals surface area contributed by atoms with Crippen LogP contribution in [0.25, 0.3) is 0 Å². The number of hydrogen-bond acceptors (Lipinski definition) is 3. The second-order valence-electron chi connectivity index (χ2n) is 6.39. The van der Waals surface area contributed by atoms with Gasteiger partial charge in [-0.15, -0.1) is 0 Å². The summed E-state index contributed by atoms with van der Waals surface area (Å²) in [6.45, 7) is 5.05. The van der Waals surface area contributed by atoms with Gasteiger partial charge in [-0.1, -0.05) is 90.9 Å². The molecule has 0 aliphatic heterocycles. The maximum absolute atomic E-state index is 8.74. The number of rotatable bonds is 14. The van der Waals surface area contributed by atoms with Crippen LogP contribution < -0.4 is 0 Å². The maximum atomic E-state index is 8.74. The van der Waals surface area contributed by atoms with E-state index in [0.29, 0.717) is 6.61 Å². The molecule has 3 N–H and O–H groups in total. The van der Waals surface area contributed by atoms with Gasteiger partial charge in [0.15, 0.2) is 0 Å². The van der Waals surface area contributed by atoms with Crippen LogP contribution in [0.4, 0.5) is 0 Å². The molecule has 0 aromatic heterocycles. The summed E-state index contributed by atoms with van der Waals surface area (Å²) >= 11 is 0. The van der Waals surface area contributed by atoms with Gasteiger partial charge in [0.25, 0.3) is 0 Å². The van der Waals surface area contributed by atoms with E-state index < -0.39 is 10.4 Å². The fourth-order valence-corrected chi connectivity index (χ4v) is 2.55. The molecule has 0 bridgehead atoms. The molecule has 0 aromatic carbocycles. The van der Waals surface area contributed by atoms with Crippen molar-refractivity contribution in [2.45, 2.75) is 97.3 Å². The Kier molecular flexibility index (Phi) is 27.0. The summed E-state index contributed by atoms with van der Waals surface area (Å²) in [4.78, 5) is 0. The quantitative estimate of drug-likeness (QED) is 0.236. The molecule has 0 amide bonds. The van der Waals surface area contributed by atoms with Crippen molar-refractivity contribution in [1.82, 2.24) is 0 Å². The summed E-state index contributed by atoms with van der Waals surface area (Å²) in [6.07, 6.45) is 17.7. The zero-order valence-electron chi connectivity index (χ0n) is 15.0. The van der Waals surface area contributed by atoms with Crippen molar-refractivity contribution in [3.05, 3.63) is 0 Å². The molecule has 0 saturated carbocycles. The van der Waals surface area contributed by atoms with Gasteiger partial charge < -0.3 is 5.11 Å². The van der Waals surface area contributed by atoms with Gasteiger partial charge in [-0.3, -0.25) is 9.11 Å². The molecule has 7 heteroatoms. The first kappa shape index (κ1) is 29.6. The first-order chi connectivity index (χ1) is 10.8. The number of aliphatic hydroxyl groups is 1. The van der Waals surface area contributed by atoms with Crippen LogP contribution in [0.2, 0.25) is 0 Å². The number of hydrogen-bond donors (Lipinski definition) is 3. The van der Waals surface area contributed by atoms with Crippen LogP contribution >= 0.6 is 0 Å². The molecular weight excluding hydrogens is 339 g/mol. The van der Waals surface area contributed by atoms with Crippen molar-refractivity contribution in [1.29, 1.82) is 0 Å². The topological polar surface area (TPSA) is 94.8 Å². The van der Waals surface area contributed by atoms with E-state index in [4.69, 9.17) is 22.6 Å². The van der Waals surface area contributed by atoms with Crippen molar-refractivity contribution < 1.29 is 22.6 Å². The molecule has 0 aliphatic rings. The van der Waals surface area contributed by atoms with Crippen molar-refractivity contribution in [2.24, 2.45) is 5.92 Å². The summed E-state index contributed by atoms with van der Waals surface area (Å²) in [6, 6.07) is 0. The Morgan fingerprint density at radius 1 is 0.750 bits per heavy atom. The van der Waals surface area contributed by atoms with Gasteiger partial charge in [-0.2, -0.15) is 8.42 Å². The third-order valence-electron chi connectivity index (χ3n) is 3.91. The van der Waals surface area contributed by atoms with Crippen LogP contribution in [0.1, 0.15) is 97.3 Å². The molecule has 0 rings (SSSR count). The Balaban J connectivity index is -0.000000639. The number of unbranched alkanes of at least 4 members (excludes halogenated alkanes) is 9. The summed E-state index contributed by atoms with van der Waals surface area (Å²) in [7, 11) is -4.67. The summed E-state index contributed by atoms with van der Waals surface area (Å²) in [5.74, 6) is 0.912. The molecule has 0 heterocycles. The van der Waals surface area contributed by atoms with Crippen LogP contribution in [0.3, 0.4) is 0 Å². The van der Waals surface area contributed by atoms with E-state index in [9.17, 15) is 0 Å². The molecule has 0 radical (unpaired) electrons. The molecule has 1 unspecified atom stereocenters. The molecule has 5 nitrogen and oxygen atoms in total. The average molecular weight is 379 g/mol. The van der Waals surface area contributed by atoms with Crippen molar-refractivity contribution >= 4 is 40.0 Å². The molecule has 0 aromatic rings. The van der Waals surface area contributed by atoms with Crippen LogP contribution in [0.15, 0.2) is 0 Å². The fraction of sp³-hybridized carbons (Fsp3) is 1.00. The summed E-state index contributed by atoms with van der Waals surface area (Å²) in [5, 5.41) is 8.70. The molecule has 0 fully saturated rings. The predicted octanol–water partition coefficient (Wildman–Crippen LogP) is 4.40. The Bertz CT molecular complexity index is 315. The zero-order chi connectivity index (χ0) is 18.0. The third-order valence-corrected chi connectivity index (χ3v) is 3.91. The second-order valence-corrected chi connectivity index (χ2v) is 7.29. The van der Waals surface area contributed by atoms with Gasteiger partial charge in [0.05, 0.1) is 0 Å². The molecule has 24 heavy (non-hydrogen) atoms. The van der Waals surface area contributed by atoms with E-state index in [1.54, 1.807) is 0 Å². The molecule has 144 valence electrons. The van der Waals surface area contributed by atoms with Gasteiger partial charge in [-0.05, 0) is 12.3 Å². The Morgan fingerprint density at radius 3 is 1.46 bits per heavy atom. The monoisotopic (exact) mass is 378 g/mol. The molecular formula is C17H39NaO5S. The van der Waals surface area contributed by atoms with Gasteiger partial charge in [0, 0.05) is 6.61 Å². The number of aliphatic hydroxyl groups excluding tert-OH is 1. The van der Waals surface area contributed by atoms with E-state index >= 15 is 0 Å². The first-order valence-electron chi connectivity index (χ1n) is 9.12. The van der Waals surface area contributed by atoms with Crippen LogP contribution in [0.5, 0.6) is 0 Å². The van der Waals surface area contributed by atoms with Gasteiger partial charge in [-0.25, -0.2) is 0 Å². The van der Waals surface area contributed by atoms with Crippen molar-refractivity contribution in [3.8, 4) is 0 Å². The van der Waals surface area contributed by atoms with Crippen LogP contribution in [-0.2, 0) is 10.4 Å². The van der Waals surface area contributed by atoms with Crippen LogP contribution in [0, 0.1) is 5.92 Å². The Labute approximate surface area is 171 Å². The summed E-state index contributed by atoms with van der Waals surface area (Å²) < 4.78 is 31.6. The van der Waals surface area contributed by atoms with E-state index in [2.05, 4.69) is 13.8 Å². The molecule has 0 aliphatic carbocycles.